The normalized spacial score (nSPS) is 11.3. The van der Waals surface area contributed by atoms with Crippen LogP contribution in [0.3, 0.4) is 0 Å². The van der Waals surface area contributed by atoms with Crippen LogP contribution in [0.15, 0.2) is 158 Å². The fourth-order valence-electron chi connectivity index (χ4n) is 7.07. The van der Waals surface area contributed by atoms with E-state index in [1.165, 1.54) is 54.7 Å². The lowest BCUT2D eigenvalue weighted by Crippen LogP contribution is -1.98. The van der Waals surface area contributed by atoms with E-state index in [1.54, 1.807) is 7.11 Å². The van der Waals surface area contributed by atoms with Gasteiger partial charge in [-0.05, 0) is 94.5 Å². The molecule has 220 valence electrons. The van der Waals surface area contributed by atoms with Gasteiger partial charge in [0.1, 0.15) is 5.75 Å². The van der Waals surface area contributed by atoms with Gasteiger partial charge in [0.05, 0.1) is 13.7 Å². The Morgan fingerprint density at radius 2 is 0.804 bits per heavy atom. The van der Waals surface area contributed by atoms with Crippen LogP contribution in [0.2, 0.25) is 0 Å². The van der Waals surface area contributed by atoms with Crippen LogP contribution in [0.5, 0.6) is 5.75 Å². The van der Waals surface area contributed by atoms with Crippen LogP contribution >= 0.6 is 0 Å². The smallest absolute Gasteiger partial charge is 0.119 e. The first-order valence-corrected chi connectivity index (χ1v) is 15.7. The Hall–Kier alpha value is -5.70. The molecular formula is C44H32O2. The molecule has 46 heavy (non-hydrogen) atoms. The second-order valence-corrected chi connectivity index (χ2v) is 11.7. The number of hydrogen-bond acceptors (Lipinski definition) is 2. The summed E-state index contributed by atoms with van der Waals surface area (Å²) in [6, 6.07) is 56.0. The molecule has 0 aliphatic carbocycles. The number of aliphatic hydroxyl groups excluding tert-OH is 1. The van der Waals surface area contributed by atoms with Crippen molar-refractivity contribution in [2.75, 3.05) is 7.11 Å². The van der Waals surface area contributed by atoms with Crippen LogP contribution in [-0.2, 0) is 6.61 Å². The number of ether oxygens (including phenoxy) is 1. The van der Waals surface area contributed by atoms with Crippen molar-refractivity contribution < 1.29 is 9.84 Å². The molecule has 1 N–H and O–H groups in total. The summed E-state index contributed by atoms with van der Waals surface area (Å²) < 4.78 is 5.85. The highest BCUT2D eigenvalue weighted by atomic mass is 16.5. The highest BCUT2D eigenvalue weighted by Gasteiger charge is 2.26. The van der Waals surface area contributed by atoms with Gasteiger partial charge in [0, 0.05) is 0 Å². The fraction of sp³-hybridized carbons (Fsp3) is 0.0455. The van der Waals surface area contributed by atoms with Gasteiger partial charge in [-0.3, -0.25) is 0 Å². The maximum absolute atomic E-state index is 9.92. The average Bonchev–Trinajstić information content (AvgIpc) is 3.13. The van der Waals surface area contributed by atoms with Crippen molar-refractivity contribution in [2.45, 2.75) is 6.61 Å². The van der Waals surface area contributed by atoms with Gasteiger partial charge in [0.25, 0.3) is 0 Å². The molecule has 2 heteroatoms. The van der Waals surface area contributed by atoms with E-state index in [0.717, 1.165) is 33.4 Å². The fourth-order valence-corrected chi connectivity index (χ4v) is 7.07. The summed E-state index contributed by atoms with van der Waals surface area (Å²) in [5.74, 6) is 0.820. The third-order valence-corrected chi connectivity index (χ3v) is 9.09. The third kappa shape index (κ3) is 4.54. The summed E-state index contributed by atoms with van der Waals surface area (Å²) in [6.45, 7) is 0.00652. The predicted octanol–water partition coefficient (Wildman–Crippen LogP) is 11.3. The highest BCUT2D eigenvalue weighted by molar-refractivity contribution is 6.33. The lowest BCUT2D eigenvalue weighted by Gasteiger charge is -2.25. The van der Waals surface area contributed by atoms with Crippen molar-refractivity contribution in [3.8, 4) is 50.3 Å². The zero-order valence-corrected chi connectivity index (χ0v) is 25.6. The van der Waals surface area contributed by atoms with Crippen LogP contribution in [-0.4, -0.2) is 12.2 Å². The number of fused-ring (bicyclic) bond motifs is 3. The van der Waals surface area contributed by atoms with E-state index in [9.17, 15) is 5.11 Å². The SMILES string of the molecule is COc1ccc2c(-c3ccccc3)c3c(-c4ccccc4)c4ccccc4c(-c4ccc(CO)cc4)c3c(-c3ccccc3)c2c1. The maximum Gasteiger partial charge on any atom is 0.119 e. The molecule has 0 heterocycles. The molecule has 0 spiro atoms. The first-order valence-electron chi connectivity index (χ1n) is 15.7. The number of rotatable bonds is 6. The number of benzene rings is 8. The molecule has 2 nitrogen and oxygen atoms in total. The first kappa shape index (κ1) is 27.8. The second kappa shape index (κ2) is 11.7. The van der Waals surface area contributed by atoms with Crippen molar-refractivity contribution in [2.24, 2.45) is 0 Å². The van der Waals surface area contributed by atoms with Crippen LogP contribution < -0.4 is 4.74 Å². The Kier molecular flexibility index (Phi) is 7.05. The minimum atomic E-state index is 0.00652. The summed E-state index contributed by atoms with van der Waals surface area (Å²) in [5.41, 5.74) is 10.3. The van der Waals surface area contributed by atoms with Crippen molar-refractivity contribution in [1.29, 1.82) is 0 Å². The van der Waals surface area contributed by atoms with E-state index in [4.69, 9.17) is 4.74 Å². The Bertz CT molecular complexity index is 2340. The third-order valence-electron chi connectivity index (χ3n) is 9.09. The molecule has 0 aliphatic rings. The molecule has 0 saturated heterocycles. The van der Waals surface area contributed by atoms with Crippen LogP contribution in [0, 0.1) is 0 Å². The summed E-state index contributed by atoms with van der Waals surface area (Å²) >= 11 is 0. The monoisotopic (exact) mass is 592 g/mol. The number of methoxy groups -OCH3 is 1. The summed E-state index contributed by atoms with van der Waals surface area (Å²) in [5, 5.41) is 17.0. The zero-order chi connectivity index (χ0) is 31.0. The van der Waals surface area contributed by atoms with Gasteiger partial charge in [-0.25, -0.2) is 0 Å². The summed E-state index contributed by atoms with van der Waals surface area (Å²) in [6.07, 6.45) is 0. The van der Waals surface area contributed by atoms with Gasteiger partial charge < -0.3 is 9.84 Å². The zero-order valence-electron chi connectivity index (χ0n) is 25.6. The topological polar surface area (TPSA) is 29.5 Å². The number of aliphatic hydroxyl groups is 1. The lowest BCUT2D eigenvalue weighted by atomic mass is 9.77. The van der Waals surface area contributed by atoms with E-state index in [1.807, 2.05) is 12.1 Å². The number of hydrogen-bond donors (Lipinski definition) is 1. The van der Waals surface area contributed by atoms with Gasteiger partial charge in [-0.15, -0.1) is 0 Å². The Labute approximate surface area is 268 Å². The Balaban J connectivity index is 1.75. The molecule has 0 saturated carbocycles. The predicted molar refractivity (Wildman–Crippen MR) is 193 cm³/mol. The summed E-state index contributed by atoms with van der Waals surface area (Å²) in [7, 11) is 1.73. The molecule has 0 fully saturated rings. The second-order valence-electron chi connectivity index (χ2n) is 11.7. The molecule has 0 bridgehead atoms. The van der Waals surface area contributed by atoms with E-state index in [2.05, 4.69) is 146 Å². The van der Waals surface area contributed by atoms with E-state index >= 15 is 0 Å². The van der Waals surface area contributed by atoms with Gasteiger partial charge in [-0.1, -0.05) is 146 Å². The lowest BCUT2D eigenvalue weighted by molar-refractivity contribution is 0.282. The van der Waals surface area contributed by atoms with Gasteiger partial charge in [0.15, 0.2) is 0 Å². The Morgan fingerprint density at radius 3 is 1.24 bits per heavy atom. The standard InChI is InChI=1S/C44H32O2/c1-46-34-25-26-37-38(27-34)42(32-17-9-4-10-18-32)44-41(33-23-21-29(28-45)22-24-33)36-20-12-11-19-35(36)39(30-13-5-2-6-14-30)43(44)40(37)31-15-7-3-8-16-31/h2-27,45H,28H2,1H3. The molecular weight excluding hydrogens is 560 g/mol. The molecule has 0 atom stereocenters. The van der Waals surface area contributed by atoms with E-state index < -0.39 is 0 Å². The quantitative estimate of drug-likeness (QED) is 0.195. The molecule has 0 aromatic heterocycles. The van der Waals surface area contributed by atoms with Crippen molar-refractivity contribution in [3.63, 3.8) is 0 Å². The van der Waals surface area contributed by atoms with Gasteiger partial charge in [0.2, 0.25) is 0 Å². The molecule has 8 rings (SSSR count). The van der Waals surface area contributed by atoms with Gasteiger partial charge >= 0.3 is 0 Å². The highest BCUT2D eigenvalue weighted by Crippen LogP contribution is 2.53. The van der Waals surface area contributed by atoms with Crippen molar-refractivity contribution in [1.82, 2.24) is 0 Å². The largest absolute Gasteiger partial charge is 0.497 e. The van der Waals surface area contributed by atoms with Crippen LogP contribution in [0.4, 0.5) is 0 Å². The van der Waals surface area contributed by atoms with Crippen molar-refractivity contribution in [3.05, 3.63) is 163 Å². The van der Waals surface area contributed by atoms with Gasteiger partial charge in [-0.2, -0.15) is 0 Å². The average molecular weight is 593 g/mol. The minimum Gasteiger partial charge on any atom is -0.497 e. The maximum atomic E-state index is 9.92. The van der Waals surface area contributed by atoms with Crippen LogP contribution in [0.1, 0.15) is 5.56 Å². The van der Waals surface area contributed by atoms with Crippen LogP contribution in [0.25, 0.3) is 76.8 Å². The first-order chi connectivity index (χ1) is 22.8. The van der Waals surface area contributed by atoms with E-state index in [-0.39, 0.29) is 6.61 Å². The molecule has 0 amide bonds. The molecule has 0 unspecified atom stereocenters. The summed E-state index contributed by atoms with van der Waals surface area (Å²) in [4.78, 5) is 0. The Morgan fingerprint density at radius 1 is 0.413 bits per heavy atom. The molecule has 8 aromatic carbocycles. The molecule has 0 aliphatic heterocycles. The van der Waals surface area contributed by atoms with E-state index in [0.29, 0.717) is 0 Å². The minimum absolute atomic E-state index is 0.00652. The molecule has 8 aromatic rings. The molecule has 0 radical (unpaired) electrons. The van der Waals surface area contributed by atoms with Crippen molar-refractivity contribution >= 4 is 32.3 Å².